The first-order chi connectivity index (χ1) is 12.9. The Kier molecular flexibility index (Phi) is 4.86. The average molecular weight is 386 g/mol. The molecule has 1 aliphatic carbocycles. The van der Waals surface area contributed by atoms with Gasteiger partial charge in [0.25, 0.3) is 5.56 Å². The van der Waals surface area contributed by atoms with Gasteiger partial charge in [0.2, 0.25) is 0 Å². The molecule has 2 aromatic heterocycles. The second-order valence-corrected chi connectivity index (χ2v) is 8.79. The van der Waals surface area contributed by atoms with Gasteiger partial charge in [0.15, 0.2) is 0 Å². The molecule has 0 saturated carbocycles. The molecule has 1 aliphatic rings. The number of benzene rings is 1. The summed E-state index contributed by atoms with van der Waals surface area (Å²) in [5.74, 6) is 1.10. The molecule has 2 atom stereocenters. The van der Waals surface area contributed by atoms with E-state index in [1.54, 1.807) is 17.4 Å². The number of nitrogens with one attached hydrogen (secondary N) is 1. The number of aryl methyl sites for hydroxylation is 1. The first kappa shape index (κ1) is 18.3. The van der Waals surface area contributed by atoms with E-state index in [1.165, 1.54) is 22.6 Å². The van der Waals surface area contributed by atoms with E-state index in [0.29, 0.717) is 18.3 Å². The number of aromatic amines is 1. The topological polar surface area (TPSA) is 49.0 Å². The fourth-order valence-corrected chi connectivity index (χ4v) is 5.22. The normalized spacial score (nSPS) is 18.0. The van der Waals surface area contributed by atoms with Gasteiger partial charge in [0.05, 0.1) is 11.4 Å². The van der Waals surface area contributed by atoms with Gasteiger partial charge >= 0.3 is 0 Å². The summed E-state index contributed by atoms with van der Waals surface area (Å²) in [4.78, 5) is 24.8. The van der Waals surface area contributed by atoms with Crippen LogP contribution in [0.3, 0.4) is 0 Å². The van der Waals surface area contributed by atoms with E-state index in [9.17, 15) is 9.18 Å². The third-order valence-electron chi connectivity index (χ3n) is 5.56. The van der Waals surface area contributed by atoms with Crippen LogP contribution < -0.4 is 5.56 Å². The minimum Gasteiger partial charge on any atom is -0.309 e. The molecule has 1 aromatic carbocycles. The van der Waals surface area contributed by atoms with Gasteiger partial charge in [-0.1, -0.05) is 19.1 Å². The summed E-state index contributed by atoms with van der Waals surface area (Å²) in [5.41, 5.74) is 2.07. The molecular formula is C21H24FN3OS. The van der Waals surface area contributed by atoms with Crippen LogP contribution >= 0.6 is 11.3 Å². The number of H-pyrrole nitrogens is 1. The molecule has 3 aromatic rings. The Balaban J connectivity index is 1.64. The van der Waals surface area contributed by atoms with E-state index in [0.717, 1.165) is 35.0 Å². The van der Waals surface area contributed by atoms with Crippen LogP contribution in [0.15, 0.2) is 29.1 Å². The van der Waals surface area contributed by atoms with Gasteiger partial charge in [0, 0.05) is 11.4 Å². The molecule has 0 unspecified atom stereocenters. The molecule has 4 nitrogen and oxygen atoms in total. The highest BCUT2D eigenvalue weighted by Crippen LogP contribution is 2.36. The van der Waals surface area contributed by atoms with Gasteiger partial charge in [-0.15, -0.1) is 11.3 Å². The maximum absolute atomic E-state index is 13.4. The SMILES string of the molecule is C[C@H]1CCc2c(sc3nc([C@H](C)N(C)Cc4cccc(F)c4)[nH]c(=O)c23)C1. The lowest BCUT2D eigenvalue weighted by Gasteiger charge is -2.24. The lowest BCUT2D eigenvalue weighted by molar-refractivity contribution is 0.243. The van der Waals surface area contributed by atoms with Crippen molar-refractivity contribution in [2.75, 3.05) is 7.05 Å². The summed E-state index contributed by atoms with van der Waals surface area (Å²) in [6.45, 7) is 4.86. The van der Waals surface area contributed by atoms with Crippen LogP contribution in [0, 0.1) is 11.7 Å². The molecule has 0 spiro atoms. The van der Waals surface area contributed by atoms with E-state index in [1.807, 2.05) is 20.0 Å². The number of hydrogen-bond donors (Lipinski definition) is 1. The minimum atomic E-state index is -0.236. The average Bonchev–Trinajstić information content (AvgIpc) is 2.98. The van der Waals surface area contributed by atoms with Crippen LogP contribution in [0.5, 0.6) is 0 Å². The largest absolute Gasteiger partial charge is 0.309 e. The van der Waals surface area contributed by atoms with E-state index < -0.39 is 0 Å². The standard InChI is InChI=1S/C21H24FN3OS/c1-12-7-8-16-17(9-12)27-21-18(16)20(26)23-19(24-21)13(2)25(3)11-14-5-4-6-15(22)10-14/h4-6,10,12-13H,7-9,11H2,1-3H3,(H,23,24,26)/t12-,13-/m0/s1. The van der Waals surface area contributed by atoms with E-state index in [-0.39, 0.29) is 17.4 Å². The molecule has 4 rings (SSSR count). The highest BCUT2D eigenvalue weighted by Gasteiger charge is 2.24. The number of thiophene rings is 1. The maximum atomic E-state index is 13.4. The molecule has 1 N–H and O–H groups in total. The zero-order chi connectivity index (χ0) is 19.1. The van der Waals surface area contributed by atoms with Crippen LogP contribution in [0.1, 0.15) is 48.1 Å². The predicted molar refractivity (Wildman–Crippen MR) is 108 cm³/mol. The summed E-state index contributed by atoms with van der Waals surface area (Å²) >= 11 is 1.67. The maximum Gasteiger partial charge on any atom is 0.259 e. The van der Waals surface area contributed by atoms with E-state index >= 15 is 0 Å². The lowest BCUT2D eigenvalue weighted by atomic mass is 9.89. The third kappa shape index (κ3) is 3.56. The fraction of sp³-hybridized carbons (Fsp3) is 0.429. The first-order valence-electron chi connectivity index (χ1n) is 9.41. The van der Waals surface area contributed by atoms with Gasteiger partial charge in [-0.2, -0.15) is 0 Å². The van der Waals surface area contributed by atoms with Crippen molar-refractivity contribution in [2.45, 2.75) is 45.7 Å². The smallest absolute Gasteiger partial charge is 0.259 e. The van der Waals surface area contributed by atoms with Crippen LogP contribution in [0.4, 0.5) is 4.39 Å². The highest BCUT2D eigenvalue weighted by molar-refractivity contribution is 7.18. The quantitative estimate of drug-likeness (QED) is 0.722. The van der Waals surface area contributed by atoms with E-state index in [2.05, 4.69) is 16.8 Å². The van der Waals surface area contributed by atoms with E-state index in [4.69, 9.17) is 4.98 Å². The highest BCUT2D eigenvalue weighted by atomic mass is 32.1. The van der Waals surface area contributed by atoms with Gasteiger partial charge in [-0.25, -0.2) is 9.37 Å². The summed E-state index contributed by atoms with van der Waals surface area (Å²) in [7, 11) is 1.96. The molecule has 2 heterocycles. The summed E-state index contributed by atoms with van der Waals surface area (Å²) < 4.78 is 13.4. The predicted octanol–water partition coefficient (Wildman–Crippen LogP) is 4.44. The molecule has 0 aliphatic heterocycles. The van der Waals surface area contributed by atoms with Crippen molar-refractivity contribution in [1.82, 2.24) is 14.9 Å². The Hall–Kier alpha value is -2.05. The number of aromatic nitrogens is 2. The van der Waals surface area contributed by atoms with Gasteiger partial charge < -0.3 is 4.98 Å². The lowest BCUT2D eigenvalue weighted by Crippen LogP contribution is -2.26. The second-order valence-electron chi connectivity index (χ2n) is 7.70. The summed E-state index contributed by atoms with van der Waals surface area (Å²) in [6.07, 6.45) is 3.14. The molecule has 0 amide bonds. The van der Waals surface area contributed by atoms with Gasteiger partial charge in [-0.3, -0.25) is 9.69 Å². The number of halogens is 1. The zero-order valence-electron chi connectivity index (χ0n) is 15.9. The van der Waals surface area contributed by atoms with Gasteiger partial charge in [-0.05, 0) is 62.4 Å². The summed E-state index contributed by atoms with van der Waals surface area (Å²) in [6, 6.07) is 6.52. The Morgan fingerprint density at radius 1 is 1.44 bits per heavy atom. The molecular weight excluding hydrogens is 361 g/mol. The first-order valence-corrected chi connectivity index (χ1v) is 10.2. The molecule has 0 saturated heterocycles. The van der Waals surface area contributed by atoms with Crippen molar-refractivity contribution in [3.63, 3.8) is 0 Å². The third-order valence-corrected chi connectivity index (χ3v) is 6.71. The molecule has 6 heteroatoms. The molecule has 142 valence electrons. The van der Waals surface area contributed by atoms with Crippen molar-refractivity contribution >= 4 is 21.6 Å². The number of hydrogen-bond acceptors (Lipinski definition) is 4. The van der Waals surface area contributed by atoms with Crippen molar-refractivity contribution in [1.29, 1.82) is 0 Å². The van der Waals surface area contributed by atoms with Crippen molar-refractivity contribution < 1.29 is 4.39 Å². The zero-order valence-corrected chi connectivity index (χ0v) is 16.7. The molecule has 27 heavy (non-hydrogen) atoms. The van der Waals surface area contributed by atoms with Crippen LogP contribution in [-0.4, -0.2) is 21.9 Å². The Labute approximate surface area is 162 Å². The van der Waals surface area contributed by atoms with Crippen molar-refractivity contribution in [2.24, 2.45) is 5.92 Å². The second kappa shape index (κ2) is 7.17. The Bertz CT molecular complexity index is 1040. The molecule has 0 radical (unpaired) electrons. The van der Waals surface area contributed by atoms with Crippen LogP contribution in [-0.2, 0) is 19.4 Å². The number of rotatable bonds is 4. The fourth-order valence-electron chi connectivity index (χ4n) is 3.83. The number of fused-ring (bicyclic) bond motifs is 3. The van der Waals surface area contributed by atoms with Crippen LogP contribution in [0.25, 0.3) is 10.2 Å². The van der Waals surface area contributed by atoms with Crippen LogP contribution in [0.2, 0.25) is 0 Å². The Morgan fingerprint density at radius 2 is 2.26 bits per heavy atom. The van der Waals surface area contributed by atoms with Crippen molar-refractivity contribution in [3.05, 3.63) is 62.3 Å². The monoisotopic (exact) mass is 385 g/mol. The molecule has 0 bridgehead atoms. The summed E-state index contributed by atoms with van der Waals surface area (Å²) in [5, 5.41) is 0.783. The minimum absolute atomic E-state index is 0.0342. The number of nitrogens with zero attached hydrogens (tertiary/aromatic N) is 2. The van der Waals surface area contributed by atoms with Crippen molar-refractivity contribution in [3.8, 4) is 0 Å². The molecule has 0 fully saturated rings. The van der Waals surface area contributed by atoms with Gasteiger partial charge in [0.1, 0.15) is 16.5 Å². The Morgan fingerprint density at radius 3 is 3.04 bits per heavy atom.